The molecule has 1 aliphatic heterocycles. The maximum atomic E-state index is 11.5. The lowest BCUT2D eigenvalue weighted by molar-refractivity contribution is -0.128. The van der Waals surface area contributed by atoms with E-state index in [2.05, 4.69) is 6.07 Å². The van der Waals surface area contributed by atoms with Crippen LogP contribution in [0, 0.1) is 11.3 Å². The van der Waals surface area contributed by atoms with Crippen molar-refractivity contribution in [3.05, 3.63) is 35.9 Å². The average molecular weight is 200 g/mol. The second kappa shape index (κ2) is 4.14. The summed E-state index contributed by atoms with van der Waals surface area (Å²) >= 11 is 0. The number of nitriles is 1. The Morgan fingerprint density at radius 2 is 2.13 bits per heavy atom. The number of benzene rings is 1. The predicted octanol–water partition coefficient (Wildman–Crippen LogP) is 1.70. The number of rotatable bonds is 2. The van der Waals surface area contributed by atoms with Crippen LogP contribution in [0.5, 0.6) is 0 Å². The summed E-state index contributed by atoms with van der Waals surface area (Å²) in [7, 11) is 0. The summed E-state index contributed by atoms with van der Waals surface area (Å²) in [6.45, 7) is 0.553. The minimum atomic E-state index is -0.238. The molecule has 0 N–H and O–H groups in total. The van der Waals surface area contributed by atoms with E-state index in [0.717, 1.165) is 5.56 Å². The molecule has 0 aromatic heterocycles. The molecule has 1 saturated heterocycles. The van der Waals surface area contributed by atoms with Crippen molar-refractivity contribution in [1.29, 1.82) is 5.26 Å². The first kappa shape index (κ1) is 9.72. The highest BCUT2D eigenvalue weighted by molar-refractivity contribution is 5.79. The number of carbonyl (C=O) groups is 1. The number of amides is 1. The molecule has 0 bridgehead atoms. The minimum Gasteiger partial charge on any atom is -0.322 e. The van der Waals surface area contributed by atoms with Gasteiger partial charge in [0.2, 0.25) is 5.91 Å². The molecule has 3 heteroatoms. The summed E-state index contributed by atoms with van der Waals surface area (Å²) in [6, 6.07) is 11.7. The molecule has 0 saturated carbocycles. The summed E-state index contributed by atoms with van der Waals surface area (Å²) in [4.78, 5) is 13.2. The number of nitrogens with zero attached hydrogens (tertiary/aromatic N) is 2. The number of hydrogen-bond acceptors (Lipinski definition) is 2. The number of likely N-dealkylation sites (tertiary alicyclic amines) is 1. The highest BCUT2D eigenvalue weighted by Crippen LogP contribution is 2.20. The molecule has 1 aliphatic rings. The maximum Gasteiger partial charge on any atom is 0.224 e. The SMILES string of the molecule is N#CC1CCC(=O)N1Cc1ccccc1. The molecule has 2 rings (SSSR count). The van der Waals surface area contributed by atoms with Gasteiger partial charge in [0.1, 0.15) is 6.04 Å². The Hall–Kier alpha value is -1.82. The summed E-state index contributed by atoms with van der Waals surface area (Å²) in [5.41, 5.74) is 1.08. The van der Waals surface area contributed by atoms with Crippen molar-refractivity contribution in [1.82, 2.24) is 4.90 Å². The second-order valence-electron chi connectivity index (χ2n) is 3.69. The Labute approximate surface area is 88.9 Å². The van der Waals surface area contributed by atoms with Crippen molar-refractivity contribution < 1.29 is 4.79 Å². The lowest BCUT2D eigenvalue weighted by Crippen LogP contribution is -2.31. The van der Waals surface area contributed by atoms with Crippen LogP contribution in [-0.2, 0) is 11.3 Å². The van der Waals surface area contributed by atoms with E-state index in [9.17, 15) is 4.79 Å². The van der Waals surface area contributed by atoms with E-state index in [4.69, 9.17) is 5.26 Å². The lowest BCUT2D eigenvalue weighted by Gasteiger charge is -2.19. The third-order valence-corrected chi connectivity index (χ3v) is 2.67. The molecule has 1 fully saturated rings. The first-order chi connectivity index (χ1) is 7.31. The van der Waals surface area contributed by atoms with Gasteiger partial charge in [-0.05, 0) is 12.0 Å². The van der Waals surface area contributed by atoms with Gasteiger partial charge in [-0.2, -0.15) is 5.26 Å². The van der Waals surface area contributed by atoms with Crippen LogP contribution in [0.1, 0.15) is 18.4 Å². The first-order valence-corrected chi connectivity index (χ1v) is 5.04. The Balaban J connectivity index is 2.11. The van der Waals surface area contributed by atoms with Crippen molar-refractivity contribution >= 4 is 5.91 Å². The van der Waals surface area contributed by atoms with Crippen molar-refractivity contribution in [2.45, 2.75) is 25.4 Å². The molecule has 1 atom stereocenters. The fourth-order valence-electron chi connectivity index (χ4n) is 1.85. The van der Waals surface area contributed by atoms with E-state index in [0.29, 0.717) is 19.4 Å². The molecule has 15 heavy (non-hydrogen) atoms. The molecule has 1 unspecified atom stereocenters. The van der Waals surface area contributed by atoms with Gasteiger partial charge in [-0.15, -0.1) is 0 Å². The quantitative estimate of drug-likeness (QED) is 0.729. The standard InChI is InChI=1S/C12H12N2O/c13-8-11-6-7-12(15)14(11)9-10-4-2-1-3-5-10/h1-5,11H,6-7,9H2. The Morgan fingerprint density at radius 3 is 2.80 bits per heavy atom. The van der Waals surface area contributed by atoms with Gasteiger partial charge in [0.05, 0.1) is 6.07 Å². The highest BCUT2D eigenvalue weighted by Gasteiger charge is 2.30. The van der Waals surface area contributed by atoms with Gasteiger partial charge in [0, 0.05) is 13.0 Å². The van der Waals surface area contributed by atoms with Gasteiger partial charge in [-0.25, -0.2) is 0 Å². The van der Waals surface area contributed by atoms with Gasteiger partial charge < -0.3 is 4.90 Å². The number of carbonyl (C=O) groups excluding carboxylic acids is 1. The van der Waals surface area contributed by atoms with Gasteiger partial charge >= 0.3 is 0 Å². The van der Waals surface area contributed by atoms with E-state index in [-0.39, 0.29) is 11.9 Å². The largest absolute Gasteiger partial charge is 0.322 e. The number of hydrogen-bond donors (Lipinski definition) is 0. The summed E-state index contributed by atoms with van der Waals surface area (Å²) in [5.74, 6) is 0.0883. The lowest BCUT2D eigenvalue weighted by atomic mass is 10.2. The monoisotopic (exact) mass is 200 g/mol. The van der Waals surface area contributed by atoms with Crippen molar-refractivity contribution in [3.63, 3.8) is 0 Å². The second-order valence-corrected chi connectivity index (χ2v) is 3.69. The fraction of sp³-hybridized carbons (Fsp3) is 0.333. The van der Waals surface area contributed by atoms with Crippen LogP contribution >= 0.6 is 0 Å². The van der Waals surface area contributed by atoms with Gasteiger partial charge in [0.15, 0.2) is 0 Å². The van der Waals surface area contributed by atoms with Gasteiger partial charge in [0.25, 0.3) is 0 Å². The predicted molar refractivity (Wildman–Crippen MR) is 55.6 cm³/mol. The molecule has 1 heterocycles. The zero-order chi connectivity index (χ0) is 10.7. The van der Waals surface area contributed by atoms with Crippen molar-refractivity contribution in [3.8, 4) is 6.07 Å². The van der Waals surface area contributed by atoms with Crippen molar-refractivity contribution in [2.75, 3.05) is 0 Å². The Kier molecular flexibility index (Phi) is 2.68. The van der Waals surface area contributed by atoms with Crippen LogP contribution in [0.4, 0.5) is 0 Å². The maximum absolute atomic E-state index is 11.5. The van der Waals surface area contributed by atoms with Crippen LogP contribution < -0.4 is 0 Å². The normalized spacial score (nSPS) is 20.3. The third kappa shape index (κ3) is 1.99. The average Bonchev–Trinajstić information content (AvgIpc) is 2.62. The molecule has 0 aliphatic carbocycles. The Bertz CT molecular complexity index is 394. The zero-order valence-corrected chi connectivity index (χ0v) is 8.39. The van der Waals surface area contributed by atoms with Gasteiger partial charge in [-0.1, -0.05) is 30.3 Å². The fourth-order valence-corrected chi connectivity index (χ4v) is 1.85. The topological polar surface area (TPSA) is 44.1 Å². The molecular formula is C12H12N2O. The zero-order valence-electron chi connectivity index (χ0n) is 8.39. The van der Waals surface area contributed by atoms with Crippen LogP contribution in [0.2, 0.25) is 0 Å². The van der Waals surface area contributed by atoms with Crippen molar-refractivity contribution in [2.24, 2.45) is 0 Å². The molecular weight excluding hydrogens is 188 g/mol. The van der Waals surface area contributed by atoms with E-state index in [1.165, 1.54) is 0 Å². The molecule has 3 nitrogen and oxygen atoms in total. The molecule has 1 aromatic rings. The molecule has 0 radical (unpaired) electrons. The van der Waals surface area contributed by atoms with E-state index in [1.807, 2.05) is 30.3 Å². The molecule has 1 amide bonds. The van der Waals surface area contributed by atoms with Crippen LogP contribution in [0.15, 0.2) is 30.3 Å². The third-order valence-electron chi connectivity index (χ3n) is 2.67. The van der Waals surface area contributed by atoms with Crippen LogP contribution in [0.3, 0.4) is 0 Å². The smallest absolute Gasteiger partial charge is 0.224 e. The summed E-state index contributed by atoms with van der Waals surface area (Å²) in [6.07, 6.45) is 1.17. The van der Waals surface area contributed by atoms with Crippen LogP contribution in [0.25, 0.3) is 0 Å². The van der Waals surface area contributed by atoms with E-state index < -0.39 is 0 Å². The Morgan fingerprint density at radius 1 is 1.40 bits per heavy atom. The van der Waals surface area contributed by atoms with Crippen LogP contribution in [-0.4, -0.2) is 16.8 Å². The minimum absolute atomic E-state index is 0.0883. The molecule has 76 valence electrons. The van der Waals surface area contributed by atoms with Gasteiger partial charge in [-0.3, -0.25) is 4.79 Å². The molecule has 0 spiro atoms. The van der Waals surface area contributed by atoms with E-state index >= 15 is 0 Å². The highest BCUT2D eigenvalue weighted by atomic mass is 16.2. The summed E-state index contributed by atoms with van der Waals surface area (Å²) < 4.78 is 0. The molecule has 1 aromatic carbocycles. The van der Waals surface area contributed by atoms with E-state index in [1.54, 1.807) is 4.90 Å². The first-order valence-electron chi connectivity index (χ1n) is 5.04. The summed E-state index contributed by atoms with van der Waals surface area (Å²) in [5, 5.41) is 8.89.